The lowest BCUT2D eigenvalue weighted by Crippen LogP contribution is -2.23. The highest BCUT2D eigenvalue weighted by Gasteiger charge is 2.09. The maximum Gasteiger partial charge on any atom is 0.0343 e. The van der Waals surface area contributed by atoms with Gasteiger partial charge in [-0.15, -0.1) is 0 Å². The SMILES string of the molecule is CC1=C(c2cccnc2)CNCC1. The third kappa shape index (κ3) is 1.78. The van der Waals surface area contributed by atoms with Crippen molar-refractivity contribution in [3.05, 3.63) is 35.7 Å². The van der Waals surface area contributed by atoms with Crippen LogP contribution in [0.1, 0.15) is 18.9 Å². The van der Waals surface area contributed by atoms with Crippen molar-refractivity contribution in [2.75, 3.05) is 13.1 Å². The highest BCUT2D eigenvalue weighted by molar-refractivity contribution is 5.69. The molecule has 0 saturated carbocycles. The van der Waals surface area contributed by atoms with Crippen molar-refractivity contribution in [1.82, 2.24) is 10.3 Å². The first kappa shape index (κ1) is 8.45. The normalized spacial score (nSPS) is 17.6. The number of rotatable bonds is 1. The zero-order chi connectivity index (χ0) is 9.10. The fraction of sp³-hybridized carbons (Fsp3) is 0.364. The molecule has 0 radical (unpaired) electrons. The molecule has 13 heavy (non-hydrogen) atoms. The third-order valence-corrected chi connectivity index (χ3v) is 2.50. The van der Waals surface area contributed by atoms with Gasteiger partial charge < -0.3 is 5.32 Å². The third-order valence-electron chi connectivity index (χ3n) is 2.50. The lowest BCUT2D eigenvalue weighted by molar-refractivity contribution is 0.715. The summed E-state index contributed by atoms with van der Waals surface area (Å²) < 4.78 is 0. The van der Waals surface area contributed by atoms with Gasteiger partial charge in [0, 0.05) is 18.9 Å². The first-order chi connectivity index (χ1) is 6.38. The summed E-state index contributed by atoms with van der Waals surface area (Å²) in [5, 5.41) is 3.38. The van der Waals surface area contributed by atoms with Crippen molar-refractivity contribution in [1.29, 1.82) is 0 Å². The van der Waals surface area contributed by atoms with E-state index in [1.807, 2.05) is 18.5 Å². The fourth-order valence-electron chi connectivity index (χ4n) is 1.68. The van der Waals surface area contributed by atoms with Crippen LogP contribution in [0.2, 0.25) is 0 Å². The zero-order valence-electron chi connectivity index (χ0n) is 7.88. The summed E-state index contributed by atoms with van der Waals surface area (Å²) in [6.45, 7) is 4.30. The average Bonchev–Trinajstić information content (AvgIpc) is 2.20. The van der Waals surface area contributed by atoms with Gasteiger partial charge in [0.1, 0.15) is 0 Å². The van der Waals surface area contributed by atoms with Crippen molar-refractivity contribution in [3.8, 4) is 0 Å². The summed E-state index contributed by atoms with van der Waals surface area (Å²) >= 11 is 0. The van der Waals surface area contributed by atoms with Crippen LogP contribution in [0.5, 0.6) is 0 Å². The van der Waals surface area contributed by atoms with Gasteiger partial charge in [0.25, 0.3) is 0 Å². The van der Waals surface area contributed by atoms with Gasteiger partial charge in [0.2, 0.25) is 0 Å². The van der Waals surface area contributed by atoms with Gasteiger partial charge in [-0.2, -0.15) is 0 Å². The Hall–Kier alpha value is -1.15. The Kier molecular flexibility index (Phi) is 2.41. The highest BCUT2D eigenvalue weighted by Crippen LogP contribution is 2.21. The molecular weight excluding hydrogens is 160 g/mol. The second-order valence-electron chi connectivity index (χ2n) is 3.43. The number of hydrogen-bond acceptors (Lipinski definition) is 2. The van der Waals surface area contributed by atoms with Gasteiger partial charge in [-0.25, -0.2) is 0 Å². The predicted octanol–water partition coefficient (Wildman–Crippen LogP) is 1.85. The lowest BCUT2D eigenvalue weighted by atomic mass is 9.97. The van der Waals surface area contributed by atoms with Crippen LogP contribution < -0.4 is 5.32 Å². The Morgan fingerprint density at radius 3 is 3.08 bits per heavy atom. The summed E-state index contributed by atoms with van der Waals surface area (Å²) in [5.41, 5.74) is 4.17. The van der Waals surface area contributed by atoms with Gasteiger partial charge in [-0.05, 0) is 37.1 Å². The fourth-order valence-corrected chi connectivity index (χ4v) is 1.68. The molecule has 2 rings (SSSR count). The van der Waals surface area contributed by atoms with Crippen LogP contribution in [0.15, 0.2) is 30.1 Å². The van der Waals surface area contributed by atoms with Crippen molar-refractivity contribution >= 4 is 5.57 Å². The molecule has 0 unspecified atom stereocenters. The Morgan fingerprint density at radius 1 is 1.46 bits per heavy atom. The molecule has 1 aromatic heterocycles. The monoisotopic (exact) mass is 174 g/mol. The van der Waals surface area contributed by atoms with Crippen molar-refractivity contribution in [2.45, 2.75) is 13.3 Å². The van der Waals surface area contributed by atoms with Gasteiger partial charge in [-0.3, -0.25) is 4.98 Å². The van der Waals surface area contributed by atoms with Crippen molar-refractivity contribution in [2.24, 2.45) is 0 Å². The van der Waals surface area contributed by atoms with E-state index in [0.29, 0.717) is 0 Å². The molecule has 1 N–H and O–H groups in total. The maximum atomic E-state index is 4.13. The highest BCUT2D eigenvalue weighted by atomic mass is 14.9. The molecule has 0 aromatic carbocycles. The Balaban J connectivity index is 2.35. The molecular formula is C11H14N2. The van der Waals surface area contributed by atoms with Gasteiger partial charge >= 0.3 is 0 Å². The molecule has 1 aromatic rings. The van der Waals surface area contributed by atoms with E-state index >= 15 is 0 Å². The van der Waals surface area contributed by atoms with E-state index < -0.39 is 0 Å². The van der Waals surface area contributed by atoms with E-state index in [0.717, 1.165) is 19.5 Å². The number of pyridine rings is 1. The molecule has 0 spiro atoms. The minimum atomic E-state index is 0.984. The van der Waals surface area contributed by atoms with Gasteiger partial charge in [-0.1, -0.05) is 11.6 Å². The lowest BCUT2D eigenvalue weighted by Gasteiger charge is -2.18. The molecule has 0 aliphatic carbocycles. The topological polar surface area (TPSA) is 24.9 Å². The van der Waals surface area contributed by atoms with Crippen LogP contribution in [0.4, 0.5) is 0 Å². The average molecular weight is 174 g/mol. The van der Waals surface area contributed by atoms with Crippen LogP contribution in [0, 0.1) is 0 Å². The largest absolute Gasteiger partial charge is 0.312 e. The van der Waals surface area contributed by atoms with Crippen LogP contribution in [0.3, 0.4) is 0 Å². The van der Waals surface area contributed by atoms with Crippen LogP contribution in [-0.2, 0) is 0 Å². The minimum absolute atomic E-state index is 0.984. The molecule has 0 bridgehead atoms. The smallest absolute Gasteiger partial charge is 0.0343 e. The van der Waals surface area contributed by atoms with Gasteiger partial charge in [0.15, 0.2) is 0 Å². The molecule has 1 aliphatic heterocycles. The Labute approximate surface area is 78.7 Å². The number of nitrogens with one attached hydrogen (secondary N) is 1. The van der Waals surface area contributed by atoms with Crippen LogP contribution >= 0.6 is 0 Å². The predicted molar refractivity (Wildman–Crippen MR) is 54.3 cm³/mol. The van der Waals surface area contributed by atoms with E-state index in [1.165, 1.54) is 16.7 Å². The summed E-state index contributed by atoms with van der Waals surface area (Å²) in [6, 6.07) is 4.11. The molecule has 0 fully saturated rings. The number of aromatic nitrogens is 1. The second-order valence-corrected chi connectivity index (χ2v) is 3.43. The number of nitrogens with zero attached hydrogens (tertiary/aromatic N) is 1. The quantitative estimate of drug-likeness (QED) is 0.702. The molecule has 0 saturated heterocycles. The van der Waals surface area contributed by atoms with E-state index in [9.17, 15) is 0 Å². The van der Waals surface area contributed by atoms with E-state index in [2.05, 4.69) is 23.3 Å². The minimum Gasteiger partial charge on any atom is -0.312 e. The van der Waals surface area contributed by atoms with E-state index in [1.54, 1.807) is 0 Å². The maximum absolute atomic E-state index is 4.13. The molecule has 1 aliphatic rings. The van der Waals surface area contributed by atoms with Gasteiger partial charge in [0.05, 0.1) is 0 Å². The Bertz CT molecular complexity index is 314. The molecule has 0 amide bonds. The van der Waals surface area contributed by atoms with Crippen molar-refractivity contribution in [3.63, 3.8) is 0 Å². The first-order valence-electron chi connectivity index (χ1n) is 4.67. The summed E-state index contributed by atoms with van der Waals surface area (Å²) in [6.07, 6.45) is 4.91. The summed E-state index contributed by atoms with van der Waals surface area (Å²) in [4.78, 5) is 4.13. The van der Waals surface area contributed by atoms with Crippen LogP contribution in [-0.4, -0.2) is 18.1 Å². The molecule has 2 nitrogen and oxygen atoms in total. The summed E-state index contributed by atoms with van der Waals surface area (Å²) in [7, 11) is 0. The Morgan fingerprint density at radius 2 is 2.38 bits per heavy atom. The number of hydrogen-bond donors (Lipinski definition) is 1. The second kappa shape index (κ2) is 3.71. The summed E-state index contributed by atoms with van der Waals surface area (Å²) in [5.74, 6) is 0. The molecule has 2 heteroatoms. The standard InChI is InChI=1S/C11H14N2/c1-9-4-6-13-8-11(9)10-3-2-5-12-7-10/h2-3,5,7,13H,4,6,8H2,1H3. The molecule has 0 atom stereocenters. The van der Waals surface area contributed by atoms with Crippen molar-refractivity contribution < 1.29 is 0 Å². The molecule has 68 valence electrons. The van der Waals surface area contributed by atoms with E-state index in [4.69, 9.17) is 0 Å². The first-order valence-corrected chi connectivity index (χ1v) is 4.67. The van der Waals surface area contributed by atoms with E-state index in [-0.39, 0.29) is 0 Å². The molecule has 2 heterocycles. The zero-order valence-corrected chi connectivity index (χ0v) is 7.88. The van der Waals surface area contributed by atoms with Crippen LogP contribution in [0.25, 0.3) is 5.57 Å².